The third-order valence-electron chi connectivity index (χ3n) is 4.67. The summed E-state index contributed by atoms with van der Waals surface area (Å²) >= 11 is 1.39. The van der Waals surface area contributed by atoms with Crippen molar-refractivity contribution in [2.45, 2.75) is 13.3 Å². The molecule has 2 aromatic heterocycles. The molecule has 4 aromatic rings. The second kappa shape index (κ2) is 10.7. The predicted octanol–water partition coefficient (Wildman–Crippen LogP) is 6.47. The lowest BCUT2D eigenvalue weighted by atomic mass is 10.0. The normalized spacial score (nSPS) is 10.2. The first kappa shape index (κ1) is 23.2. The Bertz CT molecular complexity index is 1210. The number of anilines is 1. The van der Waals surface area contributed by atoms with Crippen molar-refractivity contribution in [1.29, 1.82) is 0 Å². The van der Waals surface area contributed by atoms with Gasteiger partial charge in [0.2, 0.25) is 0 Å². The summed E-state index contributed by atoms with van der Waals surface area (Å²) in [7, 11) is 0. The van der Waals surface area contributed by atoms with Crippen molar-refractivity contribution in [2.75, 3.05) is 5.32 Å². The molecule has 0 unspecified atom stereocenters. The second-order valence-electron chi connectivity index (χ2n) is 6.82. The van der Waals surface area contributed by atoms with Crippen molar-refractivity contribution >= 4 is 41.3 Å². The number of carbonyl (C=O) groups is 2. The molecule has 4 rings (SSSR count). The molecule has 7 heteroatoms. The number of rotatable bonds is 6. The molecular formula is C25H21ClN2O3S. The van der Waals surface area contributed by atoms with E-state index >= 15 is 0 Å². The Kier molecular flexibility index (Phi) is 7.76. The molecule has 0 fully saturated rings. The molecule has 5 nitrogen and oxygen atoms in total. The molecule has 32 heavy (non-hydrogen) atoms. The number of amides is 1. The fraction of sp³-hybridized carbons (Fsp3) is 0.0800. The molecule has 1 N–H and O–H groups in total. The van der Waals surface area contributed by atoms with Crippen LogP contribution in [0.25, 0.3) is 22.3 Å². The van der Waals surface area contributed by atoms with Gasteiger partial charge in [-0.25, -0.2) is 0 Å². The van der Waals surface area contributed by atoms with Crippen LogP contribution in [0.1, 0.15) is 23.0 Å². The first-order chi connectivity index (χ1) is 15.1. The van der Waals surface area contributed by atoms with Gasteiger partial charge >= 0.3 is 5.97 Å². The standard InChI is InChI=1S/C25H20N2O3S.ClH/c1-2-24(28)30-22-5-3-4-21(15-22)27-25(29)23-14-20(16-31-23)18-8-6-17(7-9-18)19-10-12-26-13-11-19;/h3-16H,2H2,1H3,(H,27,29);1H. The van der Waals surface area contributed by atoms with Crippen LogP contribution in [-0.2, 0) is 4.79 Å². The molecule has 0 bridgehead atoms. The van der Waals surface area contributed by atoms with Gasteiger partial charge in [0.05, 0.1) is 4.88 Å². The van der Waals surface area contributed by atoms with E-state index in [9.17, 15) is 9.59 Å². The quantitative estimate of drug-likeness (QED) is 0.262. The van der Waals surface area contributed by atoms with Gasteiger partial charge in [-0.15, -0.1) is 23.7 Å². The molecule has 2 heterocycles. The van der Waals surface area contributed by atoms with E-state index in [1.54, 1.807) is 43.6 Å². The summed E-state index contributed by atoms with van der Waals surface area (Å²) in [6, 6.07) is 20.8. The van der Waals surface area contributed by atoms with Crippen molar-refractivity contribution in [3.05, 3.63) is 89.4 Å². The minimum Gasteiger partial charge on any atom is -0.426 e. The molecule has 162 valence electrons. The van der Waals surface area contributed by atoms with Gasteiger partial charge in [0.25, 0.3) is 5.91 Å². The first-order valence-corrected chi connectivity index (χ1v) is 10.7. The van der Waals surface area contributed by atoms with Gasteiger partial charge in [0, 0.05) is 30.6 Å². The lowest BCUT2D eigenvalue weighted by Gasteiger charge is -2.07. The number of benzene rings is 2. The number of pyridine rings is 1. The van der Waals surface area contributed by atoms with Crippen LogP contribution in [0.3, 0.4) is 0 Å². The molecule has 1 amide bonds. The second-order valence-corrected chi connectivity index (χ2v) is 7.73. The monoisotopic (exact) mass is 464 g/mol. The van der Waals surface area contributed by atoms with Crippen molar-refractivity contribution < 1.29 is 14.3 Å². The van der Waals surface area contributed by atoms with Crippen LogP contribution in [0.2, 0.25) is 0 Å². The highest BCUT2D eigenvalue weighted by molar-refractivity contribution is 7.12. The van der Waals surface area contributed by atoms with E-state index in [1.165, 1.54) is 11.3 Å². The molecule has 0 saturated carbocycles. The number of aromatic nitrogens is 1. The van der Waals surface area contributed by atoms with Crippen LogP contribution in [-0.4, -0.2) is 16.9 Å². The Hall–Kier alpha value is -3.48. The van der Waals surface area contributed by atoms with Crippen LogP contribution in [0, 0.1) is 0 Å². The molecule has 0 atom stereocenters. The zero-order chi connectivity index (χ0) is 21.6. The SMILES string of the molecule is CCC(=O)Oc1cccc(NC(=O)c2cc(-c3ccc(-c4ccncc4)cc3)cs2)c1.Cl. The van der Waals surface area contributed by atoms with Crippen LogP contribution < -0.4 is 10.1 Å². The van der Waals surface area contributed by atoms with E-state index in [4.69, 9.17) is 4.74 Å². The molecule has 0 aliphatic carbocycles. The summed E-state index contributed by atoms with van der Waals surface area (Å²) in [6.45, 7) is 1.73. The number of halogens is 1. The van der Waals surface area contributed by atoms with Gasteiger partial charge in [-0.1, -0.05) is 37.3 Å². The van der Waals surface area contributed by atoms with E-state index in [0.717, 1.165) is 22.3 Å². The molecular weight excluding hydrogens is 444 g/mol. The van der Waals surface area contributed by atoms with Crippen molar-refractivity contribution in [1.82, 2.24) is 4.98 Å². The number of hydrogen-bond donors (Lipinski definition) is 1. The third-order valence-corrected chi connectivity index (χ3v) is 5.60. The maximum atomic E-state index is 12.7. The number of ether oxygens (including phenoxy) is 1. The summed E-state index contributed by atoms with van der Waals surface area (Å²) in [5.41, 5.74) is 4.83. The zero-order valence-electron chi connectivity index (χ0n) is 17.3. The summed E-state index contributed by atoms with van der Waals surface area (Å²) in [6.07, 6.45) is 3.84. The van der Waals surface area contributed by atoms with E-state index in [2.05, 4.69) is 22.4 Å². The summed E-state index contributed by atoms with van der Waals surface area (Å²) in [5.74, 6) is -0.115. The van der Waals surface area contributed by atoms with E-state index < -0.39 is 0 Å². The largest absolute Gasteiger partial charge is 0.426 e. The summed E-state index contributed by atoms with van der Waals surface area (Å²) < 4.78 is 5.20. The molecule has 0 saturated heterocycles. The minimum absolute atomic E-state index is 0. The van der Waals surface area contributed by atoms with Gasteiger partial charge in [-0.3, -0.25) is 14.6 Å². The van der Waals surface area contributed by atoms with Crippen LogP contribution >= 0.6 is 23.7 Å². The Morgan fingerprint density at radius 3 is 2.25 bits per heavy atom. The summed E-state index contributed by atoms with van der Waals surface area (Å²) in [4.78, 5) is 28.8. The van der Waals surface area contributed by atoms with Crippen LogP contribution in [0.5, 0.6) is 5.75 Å². The lowest BCUT2D eigenvalue weighted by Crippen LogP contribution is -2.10. The number of esters is 1. The topological polar surface area (TPSA) is 68.3 Å². The average Bonchev–Trinajstić information content (AvgIpc) is 3.30. The highest BCUT2D eigenvalue weighted by Gasteiger charge is 2.12. The van der Waals surface area contributed by atoms with Gasteiger partial charge in [0.1, 0.15) is 5.75 Å². The maximum Gasteiger partial charge on any atom is 0.310 e. The third kappa shape index (κ3) is 5.60. The number of nitrogens with one attached hydrogen (secondary N) is 1. The Labute approximate surface area is 196 Å². The average molecular weight is 465 g/mol. The minimum atomic E-state index is -0.318. The van der Waals surface area contributed by atoms with E-state index in [1.807, 2.05) is 35.7 Å². The smallest absolute Gasteiger partial charge is 0.310 e. The lowest BCUT2D eigenvalue weighted by molar-refractivity contribution is -0.134. The molecule has 0 radical (unpaired) electrons. The first-order valence-electron chi connectivity index (χ1n) is 9.84. The van der Waals surface area contributed by atoms with Crippen LogP contribution in [0.4, 0.5) is 5.69 Å². The van der Waals surface area contributed by atoms with Crippen molar-refractivity contribution in [2.24, 2.45) is 0 Å². The molecule has 0 aliphatic heterocycles. The zero-order valence-corrected chi connectivity index (χ0v) is 18.9. The molecule has 0 spiro atoms. The van der Waals surface area contributed by atoms with Gasteiger partial charge in [-0.2, -0.15) is 0 Å². The fourth-order valence-electron chi connectivity index (χ4n) is 3.04. The van der Waals surface area contributed by atoms with E-state index in [0.29, 0.717) is 16.3 Å². The molecule has 2 aromatic carbocycles. The Morgan fingerprint density at radius 2 is 1.56 bits per heavy atom. The van der Waals surface area contributed by atoms with Gasteiger partial charge < -0.3 is 10.1 Å². The number of hydrogen-bond acceptors (Lipinski definition) is 5. The van der Waals surface area contributed by atoms with Crippen LogP contribution in [0.15, 0.2) is 84.5 Å². The fourth-order valence-corrected chi connectivity index (χ4v) is 3.85. The van der Waals surface area contributed by atoms with Gasteiger partial charge in [0.15, 0.2) is 0 Å². The highest BCUT2D eigenvalue weighted by Crippen LogP contribution is 2.29. The van der Waals surface area contributed by atoms with Crippen molar-refractivity contribution in [3.8, 4) is 28.0 Å². The Balaban J connectivity index is 0.00000289. The molecule has 0 aliphatic rings. The number of carbonyl (C=O) groups excluding carboxylic acids is 2. The van der Waals surface area contributed by atoms with Crippen molar-refractivity contribution in [3.63, 3.8) is 0 Å². The Morgan fingerprint density at radius 1 is 0.906 bits per heavy atom. The summed E-state index contributed by atoms with van der Waals surface area (Å²) in [5, 5.41) is 4.83. The highest BCUT2D eigenvalue weighted by atomic mass is 35.5. The number of nitrogens with zero attached hydrogens (tertiary/aromatic N) is 1. The van der Waals surface area contributed by atoms with Gasteiger partial charge in [-0.05, 0) is 58.0 Å². The van der Waals surface area contributed by atoms with E-state index in [-0.39, 0.29) is 30.7 Å². The number of thiophene rings is 1. The predicted molar refractivity (Wildman–Crippen MR) is 131 cm³/mol. The maximum absolute atomic E-state index is 12.7.